The summed E-state index contributed by atoms with van der Waals surface area (Å²) < 4.78 is 24.7. The molecule has 3 rings (SSSR count). The normalized spacial score (nSPS) is 29.3. The number of fused-ring (bicyclic) bond motifs is 1. The Morgan fingerprint density at radius 3 is 2.77 bits per heavy atom. The molecule has 6 nitrogen and oxygen atoms in total. The molecule has 7 heteroatoms. The minimum atomic E-state index is -3.73. The number of hydrogen-bond donors (Lipinski definition) is 2. The van der Waals surface area contributed by atoms with E-state index in [1.54, 1.807) is 13.2 Å². The van der Waals surface area contributed by atoms with Gasteiger partial charge in [-0.2, -0.15) is 5.10 Å². The Kier molecular flexibility index (Phi) is 4.56. The molecule has 0 amide bonds. The number of nitrogens with one attached hydrogen (secondary N) is 1. The predicted octanol–water partition coefficient (Wildman–Crippen LogP) is 1.52. The summed E-state index contributed by atoms with van der Waals surface area (Å²) in [7, 11) is -2.12. The molecule has 1 aromatic rings. The lowest BCUT2D eigenvalue weighted by molar-refractivity contribution is 0.0751. The van der Waals surface area contributed by atoms with Gasteiger partial charge in [-0.25, -0.2) is 13.6 Å². The van der Waals surface area contributed by atoms with Crippen molar-refractivity contribution in [2.75, 3.05) is 0 Å². The third-order valence-corrected chi connectivity index (χ3v) is 6.39. The van der Waals surface area contributed by atoms with Crippen molar-refractivity contribution in [1.82, 2.24) is 15.1 Å². The van der Waals surface area contributed by atoms with Gasteiger partial charge < -0.3 is 5.32 Å². The maximum Gasteiger partial charge on any atom is 0.255 e. The largest absolute Gasteiger partial charge is 0.309 e. The number of aryl methyl sites for hydroxylation is 1. The van der Waals surface area contributed by atoms with E-state index in [0.717, 1.165) is 11.8 Å². The van der Waals surface area contributed by atoms with E-state index in [1.165, 1.54) is 49.6 Å². The third-order valence-electron chi connectivity index (χ3n) is 5.32. The van der Waals surface area contributed by atoms with Crippen molar-refractivity contribution in [3.63, 3.8) is 0 Å². The first kappa shape index (κ1) is 16.0. The lowest BCUT2D eigenvalue weighted by Crippen LogP contribution is -2.50. The van der Waals surface area contributed by atoms with Crippen LogP contribution in [0.5, 0.6) is 0 Å². The molecule has 2 fully saturated rings. The van der Waals surface area contributed by atoms with Crippen molar-refractivity contribution in [3.8, 4) is 0 Å². The quantitative estimate of drug-likeness (QED) is 0.877. The highest BCUT2D eigenvalue weighted by molar-refractivity contribution is 7.89. The average molecular weight is 326 g/mol. The molecular formula is C15H26N4O2S. The Morgan fingerprint density at radius 2 is 2.05 bits per heavy atom. The predicted molar refractivity (Wildman–Crippen MR) is 84.5 cm³/mol. The lowest BCUT2D eigenvalue weighted by Gasteiger charge is -2.47. The van der Waals surface area contributed by atoms with Crippen LogP contribution in [-0.4, -0.2) is 24.2 Å². The molecule has 2 aliphatic carbocycles. The zero-order valence-electron chi connectivity index (χ0n) is 13.2. The molecular weight excluding hydrogens is 300 g/mol. The molecule has 3 N–H and O–H groups in total. The molecule has 2 saturated carbocycles. The summed E-state index contributed by atoms with van der Waals surface area (Å²) >= 11 is 0. The van der Waals surface area contributed by atoms with Gasteiger partial charge in [0.15, 0.2) is 5.03 Å². The second-order valence-electron chi connectivity index (χ2n) is 6.78. The molecule has 0 aliphatic heterocycles. The SMILES string of the molecule is Cn1ncc(CN[C@@H]2C[C@@H]3CCCCCC[C@@H]32)c1S(N)(=O)=O. The lowest BCUT2D eigenvalue weighted by atomic mass is 9.64. The number of primary sulfonamides is 1. The molecule has 1 aromatic heterocycles. The number of sulfonamides is 1. The summed E-state index contributed by atoms with van der Waals surface area (Å²) in [6, 6.07) is 0.511. The van der Waals surface area contributed by atoms with Crippen molar-refractivity contribution in [2.45, 2.75) is 62.6 Å². The van der Waals surface area contributed by atoms with Gasteiger partial charge in [-0.3, -0.25) is 4.68 Å². The Balaban J connectivity index is 1.62. The van der Waals surface area contributed by atoms with Crippen molar-refractivity contribution < 1.29 is 8.42 Å². The zero-order valence-corrected chi connectivity index (χ0v) is 14.0. The molecule has 2 aliphatic rings. The van der Waals surface area contributed by atoms with E-state index in [1.807, 2.05) is 0 Å². The van der Waals surface area contributed by atoms with Crippen molar-refractivity contribution >= 4 is 10.0 Å². The van der Waals surface area contributed by atoms with Crippen LogP contribution >= 0.6 is 0 Å². The Hall–Kier alpha value is -0.920. The van der Waals surface area contributed by atoms with Crippen molar-refractivity contribution in [1.29, 1.82) is 0 Å². The van der Waals surface area contributed by atoms with Gasteiger partial charge in [-0.1, -0.05) is 32.1 Å². The van der Waals surface area contributed by atoms with Gasteiger partial charge in [0, 0.05) is 25.2 Å². The molecule has 0 unspecified atom stereocenters. The molecule has 0 saturated heterocycles. The van der Waals surface area contributed by atoms with Crippen LogP contribution in [0.25, 0.3) is 0 Å². The highest BCUT2D eigenvalue weighted by Gasteiger charge is 2.40. The van der Waals surface area contributed by atoms with E-state index in [9.17, 15) is 8.42 Å². The second kappa shape index (κ2) is 6.29. The molecule has 1 heterocycles. The average Bonchev–Trinajstić information content (AvgIpc) is 2.78. The van der Waals surface area contributed by atoms with Crippen LogP contribution in [0, 0.1) is 11.8 Å². The number of aromatic nitrogens is 2. The van der Waals surface area contributed by atoms with Gasteiger partial charge in [0.2, 0.25) is 0 Å². The van der Waals surface area contributed by atoms with Gasteiger partial charge in [0.05, 0.1) is 6.20 Å². The number of rotatable bonds is 4. The van der Waals surface area contributed by atoms with E-state index in [4.69, 9.17) is 5.14 Å². The third kappa shape index (κ3) is 3.21. The smallest absolute Gasteiger partial charge is 0.255 e. The number of nitrogens with zero attached hydrogens (tertiary/aromatic N) is 2. The molecule has 0 spiro atoms. The van der Waals surface area contributed by atoms with Gasteiger partial charge in [0.1, 0.15) is 0 Å². The van der Waals surface area contributed by atoms with E-state index in [0.29, 0.717) is 18.2 Å². The number of nitrogens with two attached hydrogens (primary N) is 1. The van der Waals surface area contributed by atoms with Gasteiger partial charge in [0.25, 0.3) is 10.0 Å². The monoisotopic (exact) mass is 326 g/mol. The fraction of sp³-hybridized carbons (Fsp3) is 0.800. The summed E-state index contributed by atoms with van der Waals surface area (Å²) in [5, 5.41) is 13.0. The Morgan fingerprint density at radius 1 is 1.32 bits per heavy atom. The van der Waals surface area contributed by atoms with Crippen LogP contribution < -0.4 is 10.5 Å². The molecule has 124 valence electrons. The molecule has 3 atom stereocenters. The van der Waals surface area contributed by atoms with Crippen LogP contribution in [-0.2, 0) is 23.6 Å². The van der Waals surface area contributed by atoms with Crippen LogP contribution in [0.2, 0.25) is 0 Å². The minimum absolute atomic E-state index is 0.119. The summed E-state index contributed by atoms with van der Waals surface area (Å²) in [5.41, 5.74) is 0.666. The Bertz CT molecular complexity index is 625. The highest BCUT2D eigenvalue weighted by atomic mass is 32.2. The summed E-state index contributed by atoms with van der Waals surface area (Å²) in [6.45, 7) is 0.521. The van der Waals surface area contributed by atoms with Gasteiger partial charge >= 0.3 is 0 Å². The summed E-state index contributed by atoms with van der Waals surface area (Å²) in [6.07, 6.45) is 10.9. The summed E-state index contributed by atoms with van der Waals surface area (Å²) in [5.74, 6) is 1.62. The molecule has 0 aromatic carbocycles. The van der Waals surface area contributed by atoms with Crippen LogP contribution in [0.1, 0.15) is 50.5 Å². The first-order valence-electron chi connectivity index (χ1n) is 8.24. The Labute approximate surface area is 132 Å². The van der Waals surface area contributed by atoms with Crippen molar-refractivity contribution in [3.05, 3.63) is 11.8 Å². The fourth-order valence-corrected chi connectivity index (χ4v) is 5.06. The molecule has 0 radical (unpaired) electrons. The van der Waals surface area contributed by atoms with Gasteiger partial charge in [-0.05, 0) is 24.7 Å². The van der Waals surface area contributed by atoms with Crippen LogP contribution in [0.3, 0.4) is 0 Å². The zero-order chi connectivity index (χ0) is 15.7. The van der Waals surface area contributed by atoms with Crippen LogP contribution in [0.4, 0.5) is 0 Å². The maximum atomic E-state index is 11.7. The van der Waals surface area contributed by atoms with Crippen LogP contribution in [0.15, 0.2) is 11.2 Å². The molecule has 0 bridgehead atoms. The van der Waals surface area contributed by atoms with E-state index in [-0.39, 0.29) is 5.03 Å². The van der Waals surface area contributed by atoms with E-state index < -0.39 is 10.0 Å². The first-order valence-corrected chi connectivity index (χ1v) is 9.78. The maximum absolute atomic E-state index is 11.7. The van der Waals surface area contributed by atoms with Crippen molar-refractivity contribution in [2.24, 2.45) is 24.0 Å². The van der Waals surface area contributed by atoms with E-state index >= 15 is 0 Å². The van der Waals surface area contributed by atoms with E-state index in [2.05, 4.69) is 10.4 Å². The molecule has 22 heavy (non-hydrogen) atoms. The van der Waals surface area contributed by atoms with Gasteiger partial charge in [-0.15, -0.1) is 0 Å². The first-order chi connectivity index (χ1) is 10.5. The minimum Gasteiger partial charge on any atom is -0.309 e. The second-order valence-corrected chi connectivity index (χ2v) is 8.26. The highest BCUT2D eigenvalue weighted by Crippen LogP contribution is 2.43. The number of hydrogen-bond acceptors (Lipinski definition) is 4. The fourth-order valence-electron chi connectivity index (χ4n) is 4.15. The standard InChI is InChI=1S/C15H26N4O2S/c1-19-15(22(16,20)21)12(10-18-19)9-17-14-8-11-6-4-2-3-5-7-13(11)14/h10-11,13-14,17H,2-9H2,1H3,(H2,16,20,21)/t11-,13-,14+/m0/s1. The topological polar surface area (TPSA) is 90.0 Å². The summed E-state index contributed by atoms with van der Waals surface area (Å²) in [4.78, 5) is 0.